The molecule has 1 aliphatic rings. The molecule has 1 amide bonds. The van der Waals surface area contributed by atoms with Crippen LogP contribution in [0.15, 0.2) is 41.8 Å². The van der Waals surface area contributed by atoms with E-state index in [1.807, 2.05) is 24.3 Å². The molecule has 0 atom stereocenters. The topological polar surface area (TPSA) is 134 Å². The molecule has 5 rings (SSSR count). The molecule has 4 aromatic rings. The first kappa shape index (κ1) is 19.7. The van der Waals surface area contributed by atoms with Crippen LogP contribution in [0.1, 0.15) is 11.1 Å². The van der Waals surface area contributed by atoms with E-state index in [-0.39, 0.29) is 17.6 Å². The summed E-state index contributed by atoms with van der Waals surface area (Å²) in [4.78, 5) is 26.1. The predicted molar refractivity (Wildman–Crippen MR) is 116 cm³/mol. The van der Waals surface area contributed by atoms with E-state index in [0.717, 1.165) is 38.6 Å². The normalized spacial score (nSPS) is 12.8. The molecule has 0 fully saturated rings. The van der Waals surface area contributed by atoms with Gasteiger partial charge in [-0.1, -0.05) is 46.5 Å². The van der Waals surface area contributed by atoms with Gasteiger partial charge in [0.25, 0.3) is 5.91 Å². The number of halogens is 1. The fourth-order valence-electron chi connectivity index (χ4n) is 3.44. The molecule has 3 heterocycles. The Labute approximate surface area is 185 Å². The molecule has 3 N–H and O–H groups in total. The molecule has 0 bridgehead atoms. The summed E-state index contributed by atoms with van der Waals surface area (Å²) in [5, 5.41) is 10.5. The van der Waals surface area contributed by atoms with E-state index in [1.165, 1.54) is 12.4 Å². The van der Waals surface area contributed by atoms with E-state index < -0.39 is 0 Å². The minimum atomic E-state index is -0.318. The number of hydrogen-bond donors (Lipinski definition) is 2. The number of benzene rings is 2. The van der Waals surface area contributed by atoms with Gasteiger partial charge in [-0.3, -0.25) is 4.79 Å². The maximum Gasteiger partial charge on any atom is 0.251 e. The number of aromatic nitrogens is 6. The summed E-state index contributed by atoms with van der Waals surface area (Å²) in [6, 6.07) is 7.83. The Morgan fingerprint density at radius 3 is 2.84 bits per heavy atom. The van der Waals surface area contributed by atoms with Crippen molar-refractivity contribution in [2.45, 2.75) is 18.4 Å². The zero-order chi connectivity index (χ0) is 21.4. The van der Waals surface area contributed by atoms with E-state index in [9.17, 15) is 4.79 Å². The van der Waals surface area contributed by atoms with Crippen molar-refractivity contribution in [3.05, 3.63) is 52.8 Å². The number of rotatable bonds is 5. The van der Waals surface area contributed by atoms with Crippen molar-refractivity contribution in [3.63, 3.8) is 0 Å². The number of ether oxygens (including phenoxy) is 1. The van der Waals surface area contributed by atoms with Crippen molar-refractivity contribution in [1.82, 2.24) is 30.1 Å². The van der Waals surface area contributed by atoms with Crippen molar-refractivity contribution in [2.75, 3.05) is 16.9 Å². The first-order valence-corrected chi connectivity index (χ1v) is 10.6. The Kier molecular flexibility index (Phi) is 5.14. The first-order valence-electron chi connectivity index (χ1n) is 9.20. The van der Waals surface area contributed by atoms with Gasteiger partial charge in [0.1, 0.15) is 0 Å². The fourth-order valence-corrected chi connectivity index (χ4v) is 4.39. The van der Waals surface area contributed by atoms with Gasteiger partial charge in [0.05, 0.1) is 36.4 Å². The van der Waals surface area contributed by atoms with Crippen LogP contribution in [-0.2, 0) is 22.7 Å². The molecular weight excluding hydrogens is 440 g/mol. The lowest BCUT2D eigenvalue weighted by Gasteiger charge is -2.20. The van der Waals surface area contributed by atoms with Gasteiger partial charge in [0, 0.05) is 5.56 Å². The number of carbonyl (C=O) groups excluding carboxylic acids is 1. The average molecular weight is 455 g/mol. The maximum absolute atomic E-state index is 12.1. The van der Waals surface area contributed by atoms with Gasteiger partial charge in [-0.15, -0.1) is 10.2 Å². The van der Waals surface area contributed by atoms with Crippen LogP contribution in [0, 0.1) is 0 Å². The standard InChI is InChI=1S/C19H15ClN8O2S/c20-13-6-11-8-30-7-10-2-1-3-12(15(10)11)16(13)17-24-18(21)26-19(25-17)31-9-14(29)27-28-22-4-5-23-28/h1-6H,7-9H2,(H,27,29)(H2,21,24,25,26). The van der Waals surface area contributed by atoms with Crippen LogP contribution in [0.4, 0.5) is 5.95 Å². The van der Waals surface area contributed by atoms with Crippen LogP contribution in [0.3, 0.4) is 0 Å². The van der Waals surface area contributed by atoms with E-state index >= 15 is 0 Å². The highest BCUT2D eigenvalue weighted by Crippen LogP contribution is 2.39. The molecule has 2 aromatic heterocycles. The lowest BCUT2D eigenvalue weighted by atomic mass is 9.94. The SMILES string of the molecule is Nc1nc(SCC(=O)Nn2nccn2)nc(-c2c(Cl)cc3c4c(cccc24)COC3)n1. The summed E-state index contributed by atoms with van der Waals surface area (Å²) < 4.78 is 5.65. The maximum atomic E-state index is 12.1. The minimum absolute atomic E-state index is 0.0410. The highest BCUT2D eigenvalue weighted by atomic mass is 35.5. The van der Waals surface area contributed by atoms with E-state index in [4.69, 9.17) is 22.1 Å². The number of anilines is 1. The van der Waals surface area contributed by atoms with Gasteiger partial charge in [-0.25, -0.2) is 10.4 Å². The molecule has 1 aliphatic heterocycles. The van der Waals surface area contributed by atoms with Crippen LogP contribution in [0.25, 0.3) is 22.2 Å². The molecule has 2 aromatic carbocycles. The zero-order valence-electron chi connectivity index (χ0n) is 15.9. The number of thioether (sulfide) groups is 1. The second-order valence-electron chi connectivity index (χ2n) is 6.67. The number of nitrogen functional groups attached to an aromatic ring is 1. The average Bonchev–Trinajstić information content (AvgIpc) is 3.25. The third-order valence-corrected chi connectivity index (χ3v) is 5.77. The summed E-state index contributed by atoms with van der Waals surface area (Å²) in [5.74, 6) is 0.117. The van der Waals surface area contributed by atoms with Gasteiger partial charge >= 0.3 is 0 Å². The third kappa shape index (κ3) is 3.90. The molecule has 0 aliphatic carbocycles. The van der Waals surface area contributed by atoms with E-state index in [2.05, 4.69) is 30.6 Å². The number of nitrogens with one attached hydrogen (secondary N) is 1. The molecule has 12 heteroatoms. The number of nitrogens with zero attached hydrogens (tertiary/aromatic N) is 6. The molecular formula is C19H15ClN8O2S. The van der Waals surface area contributed by atoms with E-state index in [0.29, 0.717) is 34.8 Å². The Hall–Kier alpha value is -3.28. The lowest BCUT2D eigenvalue weighted by Crippen LogP contribution is -2.26. The summed E-state index contributed by atoms with van der Waals surface area (Å²) >= 11 is 7.75. The monoisotopic (exact) mass is 454 g/mol. The Morgan fingerprint density at radius 2 is 2.00 bits per heavy atom. The van der Waals surface area contributed by atoms with Crippen molar-refractivity contribution >= 4 is 46.0 Å². The summed E-state index contributed by atoms with van der Waals surface area (Å²) in [7, 11) is 0. The smallest absolute Gasteiger partial charge is 0.251 e. The van der Waals surface area contributed by atoms with Crippen molar-refractivity contribution in [2.24, 2.45) is 0 Å². The van der Waals surface area contributed by atoms with Crippen LogP contribution in [-0.4, -0.2) is 41.7 Å². The number of nitrogens with two attached hydrogens (primary N) is 1. The lowest BCUT2D eigenvalue weighted by molar-refractivity contribution is -0.114. The molecule has 0 unspecified atom stereocenters. The molecule has 0 spiro atoms. The second-order valence-corrected chi connectivity index (χ2v) is 8.02. The molecule has 10 nitrogen and oxygen atoms in total. The minimum Gasteiger partial charge on any atom is -0.372 e. The first-order chi connectivity index (χ1) is 15.1. The molecule has 156 valence electrons. The summed E-state index contributed by atoms with van der Waals surface area (Å²) in [6.45, 7) is 1.03. The molecule has 0 saturated heterocycles. The molecule has 31 heavy (non-hydrogen) atoms. The van der Waals surface area contributed by atoms with Gasteiger partial charge in [-0.05, 0) is 28.0 Å². The zero-order valence-corrected chi connectivity index (χ0v) is 17.5. The number of amides is 1. The van der Waals surface area contributed by atoms with Crippen LogP contribution < -0.4 is 11.2 Å². The van der Waals surface area contributed by atoms with Gasteiger partial charge in [-0.2, -0.15) is 9.97 Å². The number of carbonyl (C=O) groups is 1. The Morgan fingerprint density at radius 1 is 1.19 bits per heavy atom. The van der Waals surface area contributed by atoms with Crippen molar-refractivity contribution < 1.29 is 9.53 Å². The predicted octanol–water partition coefficient (Wildman–Crippen LogP) is 2.41. The highest BCUT2D eigenvalue weighted by Gasteiger charge is 2.21. The second kappa shape index (κ2) is 8.10. The number of hydrogen-bond acceptors (Lipinski definition) is 9. The van der Waals surface area contributed by atoms with Gasteiger partial charge in [0.2, 0.25) is 5.95 Å². The van der Waals surface area contributed by atoms with Gasteiger partial charge in [0.15, 0.2) is 11.0 Å². The Bertz CT molecular complexity index is 1300. The Balaban J connectivity index is 1.48. The van der Waals surface area contributed by atoms with Crippen LogP contribution in [0.2, 0.25) is 5.02 Å². The van der Waals surface area contributed by atoms with Gasteiger partial charge < -0.3 is 10.5 Å². The van der Waals surface area contributed by atoms with Crippen molar-refractivity contribution in [1.29, 1.82) is 0 Å². The van der Waals surface area contributed by atoms with Crippen LogP contribution in [0.5, 0.6) is 0 Å². The quantitative estimate of drug-likeness (QED) is 0.436. The van der Waals surface area contributed by atoms with Crippen molar-refractivity contribution in [3.8, 4) is 11.4 Å². The molecule has 0 radical (unpaired) electrons. The molecule has 0 saturated carbocycles. The van der Waals surface area contributed by atoms with E-state index in [1.54, 1.807) is 0 Å². The third-order valence-electron chi connectivity index (χ3n) is 4.63. The van der Waals surface area contributed by atoms with Crippen LogP contribution >= 0.6 is 23.4 Å². The fraction of sp³-hybridized carbons (Fsp3) is 0.158. The largest absolute Gasteiger partial charge is 0.372 e. The highest BCUT2D eigenvalue weighted by molar-refractivity contribution is 7.99. The summed E-state index contributed by atoms with van der Waals surface area (Å²) in [6.07, 6.45) is 2.92. The summed E-state index contributed by atoms with van der Waals surface area (Å²) in [5.41, 5.74) is 11.2.